The fourth-order valence-electron chi connectivity index (χ4n) is 3.95. The second-order valence-corrected chi connectivity index (χ2v) is 10.7. The van der Waals surface area contributed by atoms with Crippen LogP contribution in [-0.4, -0.2) is 47.2 Å². The van der Waals surface area contributed by atoms with Crippen molar-refractivity contribution >= 4 is 27.8 Å². The summed E-state index contributed by atoms with van der Waals surface area (Å²) in [6, 6.07) is 6.10. The van der Waals surface area contributed by atoms with Crippen LogP contribution < -0.4 is 15.4 Å². The normalized spacial score (nSPS) is 22.1. The Labute approximate surface area is 191 Å². The molecule has 1 fully saturated rings. The summed E-state index contributed by atoms with van der Waals surface area (Å²) in [7, 11) is -10.0. The molecule has 0 saturated carbocycles. The van der Waals surface area contributed by atoms with Crippen molar-refractivity contribution in [2.24, 2.45) is 0 Å². The third kappa shape index (κ3) is 5.04. The van der Waals surface area contributed by atoms with Crippen LogP contribution in [0.2, 0.25) is 0 Å². The van der Waals surface area contributed by atoms with E-state index < -0.39 is 45.1 Å². The van der Waals surface area contributed by atoms with Crippen LogP contribution in [-0.2, 0) is 11.2 Å². The van der Waals surface area contributed by atoms with Crippen LogP contribution in [0.25, 0.3) is 0 Å². The van der Waals surface area contributed by atoms with E-state index in [-0.39, 0.29) is 43.3 Å². The minimum atomic E-state index is -10.0. The summed E-state index contributed by atoms with van der Waals surface area (Å²) >= 11 is 0. The number of rotatable bonds is 5. The van der Waals surface area contributed by atoms with Crippen molar-refractivity contribution in [2.75, 3.05) is 18.4 Å². The molecular formula is C21H22F5N3O4S. The van der Waals surface area contributed by atoms with Gasteiger partial charge in [-0.15, -0.1) is 0 Å². The number of likely N-dealkylation sites (tertiary alicyclic amines) is 1. The van der Waals surface area contributed by atoms with Gasteiger partial charge >= 0.3 is 16.3 Å². The van der Waals surface area contributed by atoms with Gasteiger partial charge in [-0.2, -0.15) is 0 Å². The van der Waals surface area contributed by atoms with Crippen molar-refractivity contribution in [3.63, 3.8) is 0 Å². The maximum Gasteiger partial charge on any atom is 0.319 e. The number of nitrogens with zero attached hydrogens (tertiary/aromatic N) is 1. The number of halogens is 5. The van der Waals surface area contributed by atoms with E-state index in [9.17, 15) is 34.1 Å². The van der Waals surface area contributed by atoms with E-state index in [0.717, 1.165) is 5.56 Å². The minimum absolute atomic E-state index is 0.122. The third-order valence-electron chi connectivity index (χ3n) is 5.72. The van der Waals surface area contributed by atoms with Crippen molar-refractivity contribution in [1.82, 2.24) is 10.2 Å². The predicted molar refractivity (Wildman–Crippen MR) is 116 cm³/mol. The number of anilines is 1. The fraction of sp³-hybridized carbons (Fsp3) is 0.333. The molecule has 34 heavy (non-hydrogen) atoms. The smallest absolute Gasteiger partial charge is 0.319 e. The molecule has 1 heterocycles. The summed E-state index contributed by atoms with van der Waals surface area (Å²) in [5, 5.41) is 14.9. The first kappa shape index (κ1) is 24.1. The fourth-order valence-corrected chi connectivity index (χ4v) is 4.61. The Kier molecular flexibility index (Phi) is 5.29. The topological polar surface area (TPSA) is 90.9 Å². The molecule has 0 radical (unpaired) electrons. The average molecular weight is 507 g/mol. The second kappa shape index (κ2) is 7.47. The highest BCUT2D eigenvalue weighted by Gasteiger charge is 2.65. The van der Waals surface area contributed by atoms with Gasteiger partial charge in [-0.3, -0.25) is 4.79 Å². The van der Waals surface area contributed by atoms with E-state index in [0.29, 0.717) is 11.6 Å². The second-order valence-electron chi connectivity index (χ2n) is 8.34. The van der Waals surface area contributed by atoms with Crippen LogP contribution in [0, 0.1) is 0 Å². The number of nitrogens with one attached hydrogen (secondary N) is 2. The van der Waals surface area contributed by atoms with Crippen molar-refractivity contribution in [3.05, 3.63) is 53.6 Å². The summed E-state index contributed by atoms with van der Waals surface area (Å²) in [6.07, 6.45) is -1.28. The Bertz CT molecular complexity index is 1160. The Morgan fingerprint density at radius 1 is 1.09 bits per heavy atom. The number of benzene rings is 2. The molecule has 2 aromatic rings. The quantitative estimate of drug-likeness (QED) is 0.511. The average Bonchev–Trinajstić information content (AvgIpc) is 2.98. The summed E-state index contributed by atoms with van der Waals surface area (Å²) < 4.78 is 72.4. The number of aliphatic hydroxyl groups is 1. The lowest BCUT2D eigenvalue weighted by atomic mass is 10.1. The van der Waals surface area contributed by atoms with E-state index >= 15 is 0 Å². The Morgan fingerprint density at radius 2 is 1.76 bits per heavy atom. The monoisotopic (exact) mass is 507 g/mol. The lowest BCUT2D eigenvalue weighted by molar-refractivity contribution is -0.137. The standard InChI is InChI=1S/C21H22F5N3O4S/c1-12(30)29-10-14(11-29)33-19-7-6-15(34(22,23,24,25)26)9-17(19)27-21(32)28-20-16-5-3-2-4-13(16)8-18(20)31/h2-7,9,14,18,20,31H,8,10-11H2,1H3,(H2,27,28,32)/t18-,20+/m0/s1. The first-order valence-corrected chi connectivity index (χ1v) is 12.2. The molecule has 3 amide bonds. The molecular weight excluding hydrogens is 485 g/mol. The summed E-state index contributed by atoms with van der Waals surface area (Å²) in [5.41, 5.74) is 0.818. The molecule has 13 heteroatoms. The highest BCUT2D eigenvalue weighted by Crippen LogP contribution is 3.02. The number of hydrogen-bond donors (Lipinski definition) is 3. The molecule has 0 unspecified atom stereocenters. The van der Waals surface area contributed by atoms with Gasteiger partial charge in [-0.1, -0.05) is 43.7 Å². The first-order chi connectivity index (χ1) is 15.6. The molecule has 3 N–H and O–H groups in total. The highest BCUT2D eigenvalue weighted by molar-refractivity contribution is 8.45. The van der Waals surface area contributed by atoms with Gasteiger partial charge in [0, 0.05) is 13.3 Å². The van der Waals surface area contributed by atoms with Gasteiger partial charge in [0.1, 0.15) is 16.7 Å². The highest BCUT2D eigenvalue weighted by atomic mass is 32.5. The number of urea groups is 1. The zero-order valence-corrected chi connectivity index (χ0v) is 18.6. The molecule has 1 aliphatic carbocycles. The molecule has 7 nitrogen and oxygen atoms in total. The Balaban J connectivity index is 1.57. The molecule has 4 rings (SSSR count). The lowest BCUT2D eigenvalue weighted by Gasteiger charge is -2.41. The minimum Gasteiger partial charge on any atom is -0.485 e. The Hall–Kier alpha value is -3.06. The SMILES string of the molecule is CC(=O)N1CC(Oc2ccc(S(F)(F)(F)(F)F)cc2NC(=O)N[C@@H]2c3ccccc3C[C@@H]2O)C1. The molecule has 186 valence electrons. The predicted octanol–water partition coefficient (Wildman–Crippen LogP) is 4.73. The van der Waals surface area contributed by atoms with E-state index in [1.807, 2.05) is 0 Å². The molecule has 2 aliphatic rings. The maximum absolute atomic E-state index is 13.4. The van der Waals surface area contributed by atoms with Gasteiger partial charge in [0.15, 0.2) is 0 Å². The number of carbonyl (C=O) groups is 2. The van der Waals surface area contributed by atoms with E-state index in [4.69, 9.17) is 4.74 Å². The molecule has 0 bridgehead atoms. The van der Waals surface area contributed by atoms with Crippen molar-refractivity contribution in [3.8, 4) is 5.75 Å². The van der Waals surface area contributed by atoms with Gasteiger partial charge in [0.05, 0.1) is 30.9 Å². The number of carbonyl (C=O) groups excluding carboxylic acids is 2. The van der Waals surface area contributed by atoms with E-state index in [1.54, 1.807) is 24.3 Å². The third-order valence-corrected chi connectivity index (χ3v) is 6.87. The molecule has 1 aliphatic heterocycles. The maximum atomic E-state index is 13.4. The van der Waals surface area contributed by atoms with Crippen LogP contribution in [0.3, 0.4) is 0 Å². The molecule has 1 saturated heterocycles. The first-order valence-electron chi connectivity index (χ1n) is 10.2. The molecule has 2 aromatic carbocycles. The van der Waals surface area contributed by atoms with Gasteiger partial charge < -0.3 is 25.4 Å². The summed E-state index contributed by atoms with van der Waals surface area (Å²) in [4.78, 5) is 23.2. The number of hydrogen-bond acceptors (Lipinski definition) is 4. The van der Waals surface area contributed by atoms with Crippen LogP contribution in [0.1, 0.15) is 24.1 Å². The van der Waals surface area contributed by atoms with Crippen molar-refractivity contribution < 1.29 is 38.9 Å². The van der Waals surface area contributed by atoms with E-state index in [2.05, 4.69) is 10.6 Å². The van der Waals surface area contributed by atoms with Gasteiger partial charge in [-0.05, 0) is 29.3 Å². The van der Waals surface area contributed by atoms with Crippen LogP contribution >= 0.6 is 10.2 Å². The van der Waals surface area contributed by atoms with Gasteiger partial charge in [0.25, 0.3) is 0 Å². The van der Waals surface area contributed by atoms with Gasteiger partial charge in [-0.25, -0.2) is 4.79 Å². The van der Waals surface area contributed by atoms with Gasteiger partial charge in [0.2, 0.25) is 5.91 Å². The molecule has 0 spiro atoms. The zero-order valence-electron chi connectivity index (χ0n) is 17.8. The molecule has 0 aromatic heterocycles. The number of ether oxygens (including phenoxy) is 1. The van der Waals surface area contributed by atoms with Crippen LogP contribution in [0.4, 0.5) is 29.9 Å². The summed E-state index contributed by atoms with van der Waals surface area (Å²) in [5.74, 6) is -0.481. The summed E-state index contributed by atoms with van der Waals surface area (Å²) in [6.45, 7) is 1.66. The number of amides is 3. The Morgan fingerprint density at radius 3 is 2.41 bits per heavy atom. The van der Waals surface area contributed by atoms with Crippen molar-refractivity contribution in [2.45, 2.75) is 36.5 Å². The zero-order chi connectivity index (χ0) is 25.0. The lowest BCUT2D eigenvalue weighted by Crippen LogP contribution is -2.55. The van der Waals surface area contributed by atoms with Crippen LogP contribution in [0.5, 0.6) is 5.75 Å². The molecule has 2 atom stereocenters. The number of fused-ring (bicyclic) bond motifs is 1. The van der Waals surface area contributed by atoms with Crippen LogP contribution in [0.15, 0.2) is 47.4 Å². The number of aliphatic hydroxyl groups excluding tert-OH is 1. The van der Waals surface area contributed by atoms with E-state index in [1.165, 1.54) is 11.8 Å². The van der Waals surface area contributed by atoms with Crippen molar-refractivity contribution in [1.29, 1.82) is 0 Å². The largest absolute Gasteiger partial charge is 0.485 e.